The van der Waals surface area contributed by atoms with E-state index in [9.17, 15) is 0 Å². The minimum Gasteiger partial charge on any atom is -0.497 e. The summed E-state index contributed by atoms with van der Waals surface area (Å²) in [7, 11) is 5.79. The number of ether oxygens (including phenoxy) is 1. The molecule has 0 fully saturated rings. The minimum absolute atomic E-state index is 0.876. The highest BCUT2D eigenvalue weighted by Gasteiger charge is 2.12. The van der Waals surface area contributed by atoms with E-state index in [4.69, 9.17) is 4.74 Å². The van der Waals surface area contributed by atoms with Crippen LogP contribution in [0, 0.1) is 55.4 Å². The van der Waals surface area contributed by atoms with Crippen LogP contribution in [0.4, 0.5) is 5.69 Å². The molecule has 1 aromatic heterocycles. The molecule has 0 N–H and O–H groups in total. The molecule has 0 aliphatic heterocycles. The van der Waals surface area contributed by atoms with E-state index in [1.54, 1.807) is 7.11 Å². The summed E-state index contributed by atoms with van der Waals surface area (Å²) in [6.07, 6.45) is 0. The molecule has 0 saturated heterocycles. The zero-order valence-electron chi connectivity index (χ0n) is 31.9. The van der Waals surface area contributed by atoms with Gasteiger partial charge >= 0.3 is 0 Å². The van der Waals surface area contributed by atoms with E-state index in [1.165, 1.54) is 72.0 Å². The number of rotatable bonds is 3. The van der Waals surface area contributed by atoms with Crippen molar-refractivity contribution in [2.75, 3.05) is 26.1 Å². The third kappa shape index (κ3) is 10.4. The quantitative estimate of drug-likeness (QED) is 0.187. The number of aromatic nitrogens is 1. The van der Waals surface area contributed by atoms with Gasteiger partial charge in [0, 0.05) is 36.2 Å². The van der Waals surface area contributed by atoms with Crippen molar-refractivity contribution >= 4 is 27.5 Å². The number of anilines is 1. The predicted octanol–water partition coefficient (Wildman–Crippen LogP) is 12.4. The van der Waals surface area contributed by atoms with Crippen LogP contribution in [-0.4, -0.2) is 25.8 Å². The van der Waals surface area contributed by atoms with Gasteiger partial charge in [0.2, 0.25) is 0 Å². The van der Waals surface area contributed by atoms with Crippen LogP contribution in [0.1, 0.15) is 44.5 Å². The molecule has 6 aromatic carbocycles. The number of aryl methyl sites for hydroxylation is 8. The molecule has 0 bridgehead atoms. The first-order valence-electron chi connectivity index (χ1n) is 17.3. The summed E-state index contributed by atoms with van der Waals surface area (Å²) in [4.78, 5) is 2.10. The Kier molecular flexibility index (Phi) is 13.1. The SMILES string of the molecule is COc1ccc(-n2c3ccc(C)cc3c3cc(C)ccc32)cc1.Cc1cc(C)cc(C)c1.Cc1ccc(C)cc1.Cc1ccc(N(C)C)cc1. The third-order valence-electron chi connectivity index (χ3n) is 8.54. The molecule has 0 radical (unpaired) electrons. The Morgan fingerprint density at radius 1 is 0.400 bits per heavy atom. The van der Waals surface area contributed by atoms with Crippen molar-refractivity contribution in [1.82, 2.24) is 4.57 Å². The van der Waals surface area contributed by atoms with Gasteiger partial charge in [0.15, 0.2) is 0 Å². The van der Waals surface area contributed by atoms with E-state index in [-0.39, 0.29) is 0 Å². The first-order chi connectivity index (χ1) is 23.8. The van der Waals surface area contributed by atoms with Crippen LogP contribution in [0.3, 0.4) is 0 Å². The number of methoxy groups -OCH3 is 1. The average molecular weight is 663 g/mol. The first kappa shape index (κ1) is 37.5. The highest BCUT2D eigenvalue weighted by atomic mass is 16.5. The van der Waals surface area contributed by atoms with E-state index in [0.717, 1.165) is 11.4 Å². The van der Waals surface area contributed by atoms with E-state index >= 15 is 0 Å². The van der Waals surface area contributed by atoms with Gasteiger partial charge in [-0.2, -0.15) is 0 Å². The zero-order chi connectivity index (χ0) is 36.4. The smallest absolute Gasteiger partial charge is 0.119 e. The van der Waals surface area contributed by atoms with Gasteiger partial charge in [0.05, 0.1) is 18.1 Å². The van der Waals surface area contributed by atoms with Gasteiger partial charge in [-0.1, -0.05) is 111 Å². The molecule has 7 aromatic rings. The second-order valence-corrected chi connectivity index (χ2v) is 13.6. The second-order valence-electron chi connectivity index (χ2n) is 13.6. The fourth-order valence-electron chi connectivity index (χ4n) is 5.94. The lowest BCUT2D eigenvalue weighted by atomic mass is 10.1. The Morgan fingerprint density at radius 2 is 0.760 bits per heavy atom. The number of hydrogen-bond acceptors (Lipinski definition) is 2. The molecule has 258 valence electrons. The van der Waals surface area contributed by atoms with Crippen molar-refractivity contribution in [2.24, 2.45) is 0 Å². The van der Waals surface area contributed by atoms with E-state index < -0.39 is 0 Å². The van der Waals surface area contributed by atoms with Crippen LogP contribution >= 0.6 is 0 Å². The maximum absolute atomic E-state index is 5.28. The molecule has 0 aliphatic rings. The second kappa shape index (κ2) is 17.4. The zero-order valence-corrected chi connectivity index (χ0v) is 31.9. The molecule has 0 atom stereocenters. The number of hydrogen-bond donors (Lipinski definition) is 0. The van der Waals surface area contributed by atoms with Crippen LogP contribution in [0.5, 0.6) is 5.75 Å². The van der Waals surface area contributed by atoms with Crippen molar-refractivity contribution in [1.29, 1.82) is 0 Å². The van der Waals surface area contributed by atoms with Crippen LogP contribution in [-0.2, 0) is 0 Å². The van der Waals surface area contributed by atoms with Crippen molar-refractivity contribution in [2.45, 2.75) is 55.4 Å². The topological polar surface area (TPSA) is 17.4 Å². The van der Waals surface area contributed by atoms with Crippen molar-refractivity contribution < 1.29 is 4.74 Å². The Labute approximate surface area is 300 Å². The molecule has 0 amide bonds. The number of fused-ring (bicyclic) bond motifs is 3. The number of nitrogens with zero attached hydrogens (tertiary/aromatic N) is 2. The van der Waals surface area contributed by atoms with Crippen molar-refractivity contribution in [3.63, 3.8) is 0 Å². The molecule has 7 rings (SSSR count). The lowest BCUT2D eigenvalue weighted by molar-refractivity contribution is 0.415. The molecular weight excluding hydrogens is 609 g/mol. The Bertz CT molecular complexity index is 1990. The monoisotopic (exact) mass is 662 g/mol. The van der Waals surface area contributed by atoms with Gasteiger partial charge in [-0.15, -0.1) is 0 Å². The first-order valence-corrected chi connectivity index (χ1v) is 17.3. The number of benzene rings is 6. The summed E-state index contributed by atoms with van der Waals surface area (Å²) in [5.41, 5.74) is 15.5. The molecule has 50 heavy (non-hydrogen) atoms. The molecule has 0 unspecified atom stereocenters. The van der Waals surface area contributed by atoms with Crippen LogP contribution < -0.4 is 9.64 Å². The van der Waals surface area contributed by atoms with E-state index in [2.05, 4.69) is 180 Å². The minimum atomic E-state index is 0.876. The Balaban J connectivity index is 0.000000172. The van der Waals surface area contributed by atoms with Gasteiger partial charge in [0.1, 0.15) is 5.75 Å². The third-order valence-corrected chi connectivity index (χ3v) is 8.54. The summed E-state index contributed by atoms with van der Waals surface area (Å²) in [5.74, 6) is 0.876. The largest absolute Gasteiger partial charge is 0.497 e. The van der Waals surface area contributed by atoms with Crippen LogP contribution in [0.25, 0.3) is 27.5 Å². The molecule has 1 heterocycles. The maximum atomic E-state index is 5.28. The molecular formula is C47H54N2O. The standard InChI is InChI=1S/C21H19NO.C9H13N.C9H12.C8H10/c1-14-4-10-20-18(12-14)19-13-15(2)5-11-21(19)22(20)16-6-8-17(23-3)9-7-16;1-8-4-6-9(7-5-8)10(2)3;1-7-4-8(2)6-9(3)5-7;1-7-3-5-8(2)6-4-7/h4-13H,1-3H3;4-7H,1-3H3;4-6H,1-3H3;3-6H,1-2H3. The fourth-order valence-corrected chi connectivity index (χ4v) is 5.94. The highest BCUT2D eigenvalue weighted by molar-refractivity contribution is 6.09. The lowest BCUT2D eigenvalue weighted by Gasteiger charge is -2.11. The average Bonchev–Trinajstić information content (AvgIpc) is 3.39. The highest BCUT2D eigenvalue weighted by Crippen LogP contribution is 2.33. The molecule has 0 aliphatic carbocycles. The van der Waals surface area contributed by atoms with E-state index in [0.29, 0.717) is 0 Å². The van der Waals surface area contributed by atoms with Gasteiger partial charge in [0.25, 0.3) is 0 Å². The lowest BCUT2D eigenvalue weighted by Crippen LogP contribution is -2.07. The molecule has 3 heteroatoms. The maximum Gasteiger partial charge on any atom is 0.119 e. The summed E-state index contributed by atoms with van der Waals surface area (Å²) < 4.78 is 7.61. The summed E-state index contributed by atoms with van der Waals surface area (Å²) in [5, 5.41) is 2.61. The van der Waals surface area contributed by atoms with Crippen LogP contribution in [0.15, 0.2) is 127 Å². The molecule has 0 spiro atoms. The fraction of sp³-hybridized carbons (Fsp3) is 0.234. The Morgan fingerprint density at radius 3 is 1.12 bits per heavy atom. The van der Waals surface area contributed by atoms with E-state index in [1.807, 2.05) is 26.2 Å². The van der Waals surface area contributed by atoms with Gasteiger partial charge in [-0.25, -0.2) is 0 Å². The predicted molar refractivity (Wildman–Crippen MR) is 219 cm³/mol. The Hall–Kier alpha value is -5.28. The summed E-state index contributed by atoms with van der Waals surface area (Å²) in [6.45, 7) is 17.0. The van der Waals surface area contributed by atoms with Crippen molar-refractivity contribution in [3.8, 4) is 11.4 Å². The normalized spacial score (nSPS) is 10.3. The summed E-state index contributed by atoms with van der Waals surface area (Å²) in [6, 6.07) is 45.1. The molecule has 3 nitrogen and oxygen atoms in total. The van der Waals surface area contributed by atoms with Gasteiger partial charge < -0.3 is 14.2 Å². The van der Waals surface area contributed by atoms with Gasteiger partial charge in [-0.3, -0.25) is 0 Å². The summed E-state index contributed by atoms with van der Waals surface area (Å²) >= 11 is 0. The molecule has 0 saturated carbocycles. The van der Waals surface area contributed by atoms with Gasteiger partial charge in [-0.05, 0) is 116 Å². The van der Waals surface area contributed by atoms with Crippen molar-refractivity contribution in [3.05, 3.63) is 172 Å². The van der Waals surface area contributed by atoms with Crippen LogP contribution in [0.2, 0.25) is 0 Å².